The highest BCUT2D eigenvalue weighted by molar-refractivity contribution is 5.97. The molecule has 0 spiro atoms. The molecule has 5 aromatic carbocycles. The molecule has 0 saturated carbocycles. The molecule has 6 nitrogen and oxygen atoms in total. The van der Waals surface area contributed by atoms with Gasteiger partial charge in [-0.25, -0.2) is 4.79 Å². The molecular weight excluding hydrogens is 713 g/mol. The number of anilines is 4. The zero-order chi connectivity index (χ0) is 38.9. The lowest BCUT2D eigenvalue weighted by Crippen LogP contribution is -2.23. The molecule has 5 heterocycles. The number of ether oxygens (including phenoxy) is 1. The van der Waals surface area contributed by atoms with Crippen LogP contribution in [-0.2, 0) is 10.3 Å². The fourth-order valence-corrected chi connectivity index (χ4v) is 9.93. The summed E-state index contributed by atoms with van der Waals surface area (Å²) in [5.41, 5.74) is 11.8. The first-order valence-electron chi connectivity index (χ1n) is 21.8. The number of hydrogen-bond donors (Lipinski definition) is 0. The van der Waals surface area contributed by atoms with Crippen LogP contribution in [-0.4, -0.2) is 58.3 Å². The molecule has 0 aromatic heterocycles. The van der Waals surface area contributed by atoms with Crippen molar-refractivity contribution in [3.63, 3.8) is 0 Å². The van der Waals surface area contributed by atoms with Crippen LogP contribution >= 0.6 is 0 Å². The van der Waals surface area contributed by atoms with E-state index >= 15 is 0 Å². The van der Waals surface area contributed by atoms with Gasteiger partial charge < -0.3 is 24.3 Å². The fourth-order valence-electron chi connectivity index (χ4n) is 9.93. The highest BCUT2D eigenvalue weighted by Crippen LogP contribution is 2.45. The smallest absolute Gasteiger partial charge is 0.340 e. The molecular formula is C52H54N4O2. The van der Waals surface area contributed by atoms with Gasteiger partial charge in [-0.15, -0.1) is 0 Å². The molecule has 0 unspecified atom stereocenters. The maximum atomic E-state index is 14.1. The number of rotatable bonds is 10. The average Bonchev–Trinajstić information content (AvgIpc) is 4.14. The van der Waals surface area contributed by atoms with Crippen LogP contribution in [0.25, 0.3) is 11.1 Å². The molecule has 10 rings (SSSR count). The number of esters is 1. The van der Waals surface area contributed by atoms with Crippen molar-refractivity contribution in [3.8, 4) is 0 Å². The van der Waals surface area contributed by atoms with Gasteiger partial charge in [0, 0.05) is 80.7 Å². The van der Waals surface area contributed by atoms with E-state index in [1.54, 1.807) is 0 Å². The number of carbonyl (C=O) groups excluding carboxylic acids is 1. The van der Waals surface area contributed by atoms with Crippen molar-refractivity contribution in [2.75, 3.05) is 72.0 Å². The molecule has 0 radical (unpaired) electrons. The first kappa shape index (κ1) is 36.6. The third-order valence-electron chi connectivity index (χ3n) is 13.1. The third kappa shape index (κ3) is 7.18. The molecule has 0 amide bonds. The number of hydrogen-bond acceptors (Lipinski definition) is 6. The van der Waals surface area contributed by atoms with Crippen LogP contribution in [0.1, 0.15) is 89.5 Å². The molecule has 6 heteroatoms. The lowest BCUT2D eigenvalue weighted by Gasteiger charge is -2.27. The van der Waals surface area contributed by atoms with Gasteiger partial charge in [-0.1, -0.05) is 66.7 Å². The monoisotopic (exact) mass is 766 g/mol. The number of fused-ring (bicyclic) bond motifs is 1. The molecule has 58 heavy (non-hydrogen) atoms. The number of nitrogens with zero attached hydrogens (tertiary/aromatic N) is 4. The van der Waals surface area contributed by atoms with E-state index in [-0.39, 0.29) is 5.97 Å². The van der Waals surface area contributed by atoms with Crippen LogP contribution in [0.2, 0.25) is 0 Å². The molecule has 294 valence electrons. The van der Waals surface area contributed by atoms with Gasteiger partial charge in [0.1, 0.15) is 0 Å². The van der Waals surface area contributed by atoms with Gasteiger partial charge in [0.2, 0.25) is 0 Å². The molecule has 5 aliphatic heterocycles. The van der Waals surface area contributed by atoms with Crippen molar-refractivity contribution in [1.82, 2.24) is 0 Å². The molecule has 0 bridgehead atoms. The Hall–Kier alpha value is -5.75. The highest BCUT2D eigenvalue weighted by atomic mass is 16.6. The van der Waals surface area contributed by atoms with Crippen molar-refractivity contribution < 1.29 is 9.53 Å². The van der Waals surface area contributed by atoms with Gasteiger partial charge >= 0.3 is 5.97 Å². The van der Waals surface area contributed by atoms with Crippen molar-refractivity contribution in [2.24, 2.45) is 0 Å². The second kappa shape index (κ2) is 15.9. The molecule has 4 saturated heterocycles. The Balaban J connectivity index is 1.15. The highest BCUT2D eigenvalue weighted by Gasteiger charge is 2.43. The van der Waals surface area contributed by atoms with E-state index < -0.39 is 5.60 Å². The van der Waals surface area contributed by atoms with Crippen molar-refractivity contribution in [2.45, 2.75) is 57.0 Å². The summed E-state index contributed by atoms with van der Waals surface area (Å²) < 4.78 is 6.76. The van der Waals surface area contributed by atoms with Gasteiger partial charge in [-0.2, -0.15) is 0 Å². The summed E-state index contributed by atoms with van der Waals surface area (Å²) in [6, 6.07) is 44.1. The van der Waals surface area contributed by atoms with Crippen LogP contribution in [0.5, 0.6) is 0 Å². The Labute approximate surface area is 344 Å². The van der Waals surface area contributed by atoms with E-state index in [0.29, 0.717) is 5.56 Å². The zero-order valence-electron chi connectivity index (χ0n) is 33.6. The summed E-state index contributed by atoms with van der Waals surface area (Å²) in [5, 5.41) is 0. The number of carbonyl (C=O) groups is 1. The van der Waals surface area contributed by atoms with E-state index in [4.69, 9.17) is 4.74 Å². The third-order valence-corrected chi connectivity index (χ3v) is 13.1. The first-order valence-corrected chi connectivity index (χ1v) is 21.8. The van der Waals surface area contributed by atoms with E-state index in [0.717, 1.165) is 91.3 Å². The van der Waals surface area contributed by atoms with Crippen LogP contribution in [0.3, 0.4) is 0 Å². The first-order chi connectivity index (χ1) is 28.6. The minimum atomic E-state index is -1.18. The van der Waals surface area contributed by atoms with Gasteiger partial charge in [0.05, 0.1) is 5.56 Å². The van der Waals surface area contributed by atoms with E-state index in [9.17, 15) is 4.79 Å². The summed E-state index contributed by atoms with van der Waals surface area (Å²) in [7, 11) is 0. The molecule has 5 aromatic rings. The fraction of sp³-hybridized carbons (Fsp3) is 0.327. The predicted molar refractivity (Wildman–Crippen MR) is 239 cm³/mol. The summed E-state index contributed by atoms with van der Waals surface area (Å²) >= 11 is 0. The minimum Gasteiger partial charge on any atom is -0.442 e. The van der Waals surface area contributed by atoms with Gasteiger partial charge in [-0.05, 0) is 152 Å². The van der Waals surface area contributed by atoms with Crippen molar-refractivity contribution in [1.29, 1.82) is 0 Å². The SMILES string of the molecule is O=C1OC(C=C(c2ccc(N3CCCC3)cc2)c2ccc(N3CCCC3)cc2)(C=C(c2ccc(N3CCCC3)cc2)c2ccc(N3CCCC3)cc2)c2ccccc21. The Bertz CT molecular complexity index is 2030. The lowest BCUT2D eigenvalue weighted by atomic mass is 9.83. The van der Waals surface area contributed by atoms with Crippen LogP contribution < -0.4 is 19.6 Å². The maximum absolute atomic E-state index is 14.1. The Morgan fingerprint density at radius 2 is 0.707 bits per heavy atom. The topological polar surface area (TPSA) is 39.3 Å². The molecule has 0 N–H and O–H groups in total. The number of cyclic esters (lactones) is 1. The van der Waals surface area contributed by atoms with Crippen molar-refractivity contribution in [3.05, 3.63) is 167 Å². The quantitative estimate of drug-likeness (QED) is 0.132. The summed E-state index contributed by atoms with van der Waals surface area (Å²) in [5.74, 6) is -0.302. The second-order valence-electron chi connectivity index (χ2n) is 16.8. The van der Waals surface area contributed by atoms with Crippen molar-refractivity contribution >= 4 is 39.9 Å². The largest absolute Gasteiger partial charge is 0.442 e. The van der Waals surface area contributed by atoms with Crippen LogP contribution in [0.4, 0.5) is 22.7 Å². The molecule has 5 aliphatic rings. The molecule has 4 fully saturated rings. The molecule has 0 atom stereocenters. The minimum absolute atomic E-state index is 0.302. The molecule has 0 aliphatic carbocycles. The Morgan fingerprint density at radius 1 is 0.414 bits per heavy atom. The standard InChI is InChI=1S/C52H54N4O2/c57-51-47-11-1-2-12-50(47)52(58-51,37-48(39-13-21-43(22-14-39)53-29-3-4-30-53)40-15-23-44(24-16-40)54-31-5-6-32-54)38-49(41-17-25-45(26-18-41)55-33-7-8-34-55)42-19-27-46(28-20-42)56-35-9-10-36-56/h1-2,11-28,37-38H,3-10,29-36H2. The summed E-state index contributed by atoms with van der Waals surface area (Å²) in [6.07, 6.45) is 14.3. The lowest BCUT2D eigenvalue weighted by molar-refractivity contribution is 0.0299. The second-order valence-corrected chi connectivity index (χ2v) is 16.8. The van der Waals surface area contributed by atoms with Crippen LogP contribution in [0, 0.1) is 0 Å². The van der Waals surface area contributed by atoms with E-state index in [1.807, 2.05) is 18.2 Å². The summed E-state index contributed by atoms with van der Waals surface area (Å²) in [6.45, 7) is 8.79. The average molecular weight is 767 g/mol. The predicted octanol–water partition coefficient (Wildman–Crippen LogP) is 10.7. The Morgan fingerprint density at radius 3 is 1.02 bits per heavy atom. The zero-order valence-corrected chi connectivity index (χ0v) is 33.6. The summed E-state index contributed by atoms with van der Waals surface area (Å²) in [4.78, 5) is 24.0. The maximum Gasteiger partial charge on any atom is 0.340 e. The van der Waals surface area contributed by atoms with E-state index in [2.05, 4.69) is 135 Å². The Kier molecular flexibility index (Phi) is 10.0. The van der Waals surface area contributed by atoms with Gasteiger partial charge in [0.25, 0.3) is 0 Å². The van der Waals surface area contributed by atoms with Crippen LogP contribution in [0.15, 0.2) is 133 Å². The number of benzene rings is 5. The van der Waals surface area contributed by atoms with Gasteiger partial charge in [-0.3, -0.25) is 0 Å². The van der Waals surface area contributed by atoms with Gasteiger partial charge in [0.15, 0.2) is 5.60 Å². The normalized spacial score (nSPS) is 18.4. The van der Waals surface area contributed by atoms with E-state index in [1.165, 1.54) is 74.1 Å².